The topological polar surface area (TPSA) is 0 Å². The van der Waals surface area contributed by atoms with E-state index in [9.17, 15) is 0 Å². The zero-order valence-electron chi connectivity index (χ0n) is 32.3. The van der Waals surface area contributed by atoms with Crippen molar-refractivity contribution in [3.8, 4) is 32.7 Å². The summed E-state index contributed by atoms with van der Waals surface area (Å²) in [5.74, 6) is 0. The van der Waals surface area contributed by atoms with Gasteiger partial charge in [-0.1, -0.05) is 119 Å². The van der Waals surface area contributed by atoms with E-state index in [1.54, 1.807) is 59.8 Å². The van der Waals surface area contributed by atoms with E-state index in [4.69, 9.17) is 0 Å². The molecule has 3 aliphatic carbocycles. The molecule has 0 radical (unpaired) electrons. The van der Waals surface area contributed by atoms with Gasteiger partial charge in [-0.3, -0.25) is 0 Å². The lowest BCUT2D eigenvalue weighted by molar-refractivity contribution is 0.410. The minimum atomic E-state index is 0.0684. The van der Waals surface area contributed by atoms with Crippen LogP contribution in [0.1, 0.15) is 190 Å². The molecule has 0 saturated carbocycles. The predicted octanol–water partition coefficient (Wildman–Crippen LogP) is 17.3. The van der Waals surface area contributed by atoms with Crippen LogP contribution in [0.4, 0.5) is 0 Å². The number of unbranched alkanes of at least 4 members (excludes halogenated alkanes) is 6. The zero-order valence-corrected chi connectivity index (χ0v) is 37.1. The molecule has 2 heterocycles. The molecule has 0 bridgehead atoms. The SMILES string of the molecule is CCCCC1(CCCC)c2cc3c(cc2-c2cc4c(cc21)-c1cc(Br)sc1C4(CCCC)CCCC)C(CCCC)(CCCC)c1cc(Br)sc1-3. The van der Waals surface area contributed by atoms with Gasteiger partial charge in [0.1, 0.15) is 0 Å². The van der Waals surface area contributed by atoms with Crippen LogP contribution in [0, 0.1) is 0 Å². The van der Waals surface area contributed by atoms with E-state index in [1.807, 2.05) is 22.7 Å². The number of hydrogen-bond acceptors (Lipinski definition) is 2. The number of hydrogen-bond donors (Lipinski definition) is 0. The van der Waals surface area contributed by atoms with Crippen molar-refractivity contribution < 1.29 is 0 Å². The fraction of sp³-hybridized carbons (Fsp3) is 0.574. The Morgan fingerprint density at radius 1 is 0.392 bits per heavy atom. The van der Waals surface area contributed by atoms with Gasteiger partial charge in [-0.15, -0.1) is 22.7 Å². The van der Waals surface area contributed by atoms with E-state index in [0.29, 0.717) is 0 Å². The summed E-state index contributed by atoms with van der Waals surface area (Å²) in [4.78, 5) is 3.20. The van der Waals surface area contributed by atoms with E-state index in [0.717, 1.165) is 0 Å². The second-order valence-electron chi connectivity index (χ2n) is 16.3. The molecule has 0 aliphatic heterocycles. The summed E-state index contributed by atoms with van der Waals surface area (Å²) in [7, 11) is 0. The van der Waals surface area contributed by atoms with Crippen molar-refractivity contribution in [3.05, 3.63) is 76.7 Å². The minimum Gasteiger partial charge on any atom is -0.132 e. The molecule has 274 valence electrons. The molecule has 3 aliphatic rings. The Balaban J connectivity index is 1.54. The number of fused-ring (bicyclic) bond motifs is 9. The quantitative estimate of drug-likeness (QED) is 0.0936. The lowest BCUT2D eigenvalue weighted by Gasteiger charge is -2.35. The molecule has 0 fully saturated rings. The maximum absolute atomic E-state index is 3.98. The second kappa shape index (κ2) is 15.5. The highest BCUT2D eigenvalue weighted by Gasteiger charge is 2.51. The molecule has 0 unspecified atom stereocenters. The molecule has 0 N–H and O–H groups in total. The molecule has 0 amide bonds. The van der Waals surface area contributed by atoms with E-state index < -0.39 is 0 Å². The van der Waals surface area contributed by atoms with Crippen molar-refractivity contribution in [1.29, 1.82) is 0 Å². The van der Waals surface area contributed by atoms with Crippen LogP contribution in [-0.4, -0.2) is 0 Å². The summed E-state index contributed by atoms with van der Waals surface area (Å²) < 4.78 is 2.60. The Bertz CT molecular complexity index is 1720. The fourth-order valence-electron chi connectivity index (χ4n) is 10.7. The van der Waals surface area contributed by atoms with E-state index >= 15 is 0 Å². The molecule has 4 aromatic rings. The first-order valence-electron chi connectivity index (χ1n) is 20.8. The zero-order chi connectivity index (χ0) is 36.0. The largest absolute Gasteiger partial charge is 0.132 e. The molecule has 0 nitrogen and oxygen atoms in total. The number of rotatable bonds is 18. The van der Waals surface area contributed by atoms with E-state index in [1.165, 1.54) is 129 Å². The van der Waals surface area contributed by atoms with Crippen LogP contribution < -0.4 is 0 Å². The van der Waals surface area contributed by atoms with Crippen LogP contribution in [-0.2, 0) is 16.2 Å². The average Bonchev–Trinajstić information content (AvgIpc) is 3.89. The molecule has 0 spiro atoms. The van der Waals surface area contributed by atoms with Gasteiger partial charge in [0.2, 0.25) is 0 Å². The van der Waals surface area contributed by atoms with Gasteiger partial charge in [-0.05, 0) is 162 Å². The van der Waals surface area contributed by atoms with Gasteiger partial charge in [0.25, 0.3) is 0 Å². The van der Waals surface area contributed by atoms with Crippen LogP contribution in [0.25, 0.3) is 32.7 Å². The number of benzene rings is 2. The van der Waals surface area contributed by atoms with E-state index in [2.05, 4.69) is 110 Å². The molecular weight excluding hydrogens is 788 g/mol. The maximum Gasteiger partial charge on any atom is 0.0708 e. The van der Waals surface area contributed by atoms with Crippen molar-refractivity contribution in [2.24, 2.45) is 0 Å². The standard InChI is InChI=1S/C47H60Br2S2/c1-7-13-19-45(20-14-8-2)36-27-33-34-29-41(48)51-44(34)47(23-17-11-5,24-18-12-6)38(33)25-31(36)32-26-39-35(28-37(32)45)43-40(30-42(49)50-43)46(39,21-15-9-3)22-16-10-4/h25-30H,7-24H2,1-6H3. The van der Waals surface area contributed by atoms with Crippen molar-refractivity contribution in [3.63, 3.8) is 0 Å². The molecule has 7 rings (SSSR count). The Labute approximate surface area is 334 Å². The van der Waals surface area contributed by atoms with Gasteiger partial charge < -0.3 is 0 Å². The number of halogens is 2. The van der Waals surface area contributed by atoms with Crippen molar-refractivity contribution in [1.82, 2.24) is 0 Å². The van der Waals surface area contributed by atoms with Crippen LogP contribution >= 0.6 is 54.5 Å². The normalized spacial score (nSPS) is 16.5. The van der Waals surface area contributed by atoms with Gasteiger partial charge >= 0.3 is 0 Å². The Kier molecular flexibility index (Phi) is 11.6. The molecule has 0 saturated heterocycles. The van der Waals surface area contributed by atoms with E-state index in [-0.39, 0.29) is 16.2 Å². The first kappa shape index (κ1) is 38.1. The molecule has 0 atom stereocenters. The lowest BCUT2D eigenvalue weighted by atomic mass is 9.68. The number of thiophene rings is 2. The molecule has 51 heavy (non-hydrogen) atoms. The van der Waals surface area contributed by atoms with Crippen LogP contribution in [0.5, 0.6) is 0 Å². The summed E-state index contributed by atoms with van der Waals surface area (Å²) in [6, 6.07) is 16.1. The Hall–Kier alpha value is -1.20. The maximum atomic E-state index is 3.98. The van der Waals surface area contributed by atoms with Crippen LogP contribution in [0.3, 0.4) is 0 Å². The van der Waals surface area contributed by atoms with Gasteiger partial charge in [0.05, 0.1) is 7.57 Å². The summed E-state index contributed by atoms with van der Waals surface area (Å²) >= 11 is 12.0. The van der Waals surface area contributed by atoms with Crippen molar-refractivity contribution >= 4 is 54.5 Å². The molecular formula is C47H60Br2S2. The third-order valence-electron chi connectivity index (χ3n) is 13.3. The average molecular weight is 849 g/mol. The van der Waals surface area contributed by atoms with Gasteiger partial charge in [-0.2, -0.15) is 0 Å². The molecule has 4 heteroatoms. The Morgan fingerprint density at radius 3 is 1.22 bits per heavy atom. The predicted molar refractivity (Wildman–Crippen MR) is 233 cm³/mol. The summed E-state index contributed by atoms with van der Waals surface area (Å²) in [5.41, 5.74) is 16.3. The molecule has 2 aromatic carbocycles. The summed E-state index contributed by atoms with van der Waals surface area (Å²) in [6.45, 7) is 14.3. The summed E-state index contributed by atoms with van der Waals surface area (Å²) in [5, 5.41) is 0. The van der Waals surface area contributed by atoms with Gasteiger partial charge in [-0.25, -0.2) is 0 Å². The second-order valence-corrected chi connectivity index (χ2v) is 21.2. The highest BCUT2D eigenvalue weighted by atomic mass is 79.9. The van der Waals surface area contributed by atoms with Crippen LogP contribution in [0.2, 0.25) is 0 Å². The minimum absolute atomic E-state index is 0.0684. The third kappa shape index (κ3) is 6.06. The highest BCUT2D eigenvalue weighted by molar-refractivity contribution is 9.11. The van der Waals surface area contributed by atoms with Crippen molar-refractivity contribution in [2.45, 2.75) is 173 Å². The third-order valence-corrected chi connectivity index (χ3v) is 16.8. The van der Waals surface area contributed by atoms with Crippen LogP contribution in [0.15, 0.2) is 44.0 Å². The van der Waals surface area contributed by atoms with Gasteiger partial charge in [0, 0.05) is 26.0 Å². The van der Waals surface area contributed by atoms with Crippen molar-refractivity contribution in [2.75, 3.05) is 0 Å². The smallest absolute Gasteiger partial charge is 0.0708 e. The Morgan fingerprint density at radius 2 is 0.745 bits per heavy atom. The monoisotopic (exact) mass is 846 g/mol. The first-order chi connectivity index (χ1) is 24.8. The fourth-order valence-corrected chi connectivity index (χ4v) is 14.3. The highest BCUT2D eigenvalue weighted by Crippen LogP contribution is 2.65. The first-order valence-corrected chi connectivity index (χ1v) is 24.0. The molecule has 2 aromatic heterocycles. The van der Waals surface area contributed by atoms with Gasteiger partial charge in [0.15, 0.2) is 0 Å². The summed E-state index contributed by atoms with van der Waals surface area (Å²) in [6.07, 6.45) is 22.7. The lowest BCUT2D eigenvalue weighted by Crippen LogP contribution is -2.27.